The highest BCUT2D eigenvalue weighted by Gasteiger charge is 2.23. The molecule has 1 amide bonds. The molecule has 1 aliphatic rings. The molecule has 0 saturated heterocycles. The quantitative estimate of drug-likeness (QED) is 0.626. The van der Waals surface area contributed by atoms with E-state index in [0.717, 1.165) is 16.2 Å². The minimum Gasteiger partial charge on any atom is -1.00 e. The maximum Gasteiger partial charge on any atom is 0.350 e. The smallest absolute Gasteiger partial charge is 0.350 e. The van der Waals surface area contributed by atoms with Crippen LogP contribution in [-0.4, -0.2) is 38.6 Å². The lowest BCUT2D eigenvalue weighted by atomic mass is 10.2. The molecule has 1 aromatic carbocycles. The summed E-state index contributed by atoms with van der Waals surface area (Å²) in [5, 5.41) is 0. The van der Waals surface area contributed by atoms with E-state index in [9.17, 15) is 4.79 Å². The predicted octanol–water partition coefficient (Wildman–Crippen LogP) is -2.84. The molecule has 2 rings (SSSR count). The number of hydrogen-bond acceptors (Lipinski definition) is 3. The lowest BCUT2D eigenvalue weighted by molar-refractivity contribution is -0.758. The predicted molar refractivity (Wildman–Crippen MR) is 67.8 cm³/mol. The Bertz CT molecular complexity index is 442. The topological polar surface area (TPSA) is 28.0 Å². The zero-order chi connectivity index (χ0) is 12.4. The fraction of sp³-hybridized carbons (Fsp3) is 0.308. The lowest BCUT2D eigenvalue weighted by Crippen LogP contribution is -3.10. The fourth-order valence-electron chi connectivity index (χ4n) is 1.84. The maximum atomic E-state index is 12.1. The summed E-state index contributed by atoms with van der Waals surface area (Å²) in [5.74, 6) is 0.121. The van der Waals surface area contributed by atoms with E-state index in [4.69, 9.17) is 0 Å². The second-order valence-electron chi connectivity index (χ2n) is 4.53. The summed E-state index contributed by atoms with van der Waals surface area (Å²) in [6, 6.07) is 7.71. The highest BCUT2D eigenvalue weighted by Crippen LogP contribution is 2.11. The molecule has 0 fully saturated rings. The van der Waals surface area contributed by atoms with Crippen molar-refractivity contribution in [2.75, 3.05) is 32.7 Å². The van der Waals surface area contributed by atoms with E-state index >= 15 is 0 Å². The number of carbonyl (C=O) groups excluding carboxylic acids is 1. The molecule has 1 atom stereocenters. The Balaban J connectivity index is 0.00000162. The number of nitrogens with one attached hydrogen (secondary N) is 1. The number of amides is 1. The summed E-state index contributed by atoms with van der Waals surface area (Å²) in [7, 11) is 5.94. The molecule has 1 heterocycles. The van der Waals surface area contributed by atoms with Crippen molar-refractivity contribution in [2.45, 2.75) is 0 Å². The molecule has 1 N–H and O–H groups in total. The first-order chi connectivity index (χ1) is 8.08. The number of nitrogens with zero attached hydrogens (tertiary/aromatic N) is 2. The first kappa shape index (κ1) is 14.5. The number of halogens is 1. The second-order valence-corrected chi connectivity index (χ2v) is 4.53. The van der Waals surface area contributed by atoms with Crippen LogP contribution in [0.3, 0.4) is 0 Å². The van der Waals surface area contributed by atoms with Crippen molar-refractivity contribution in [3.63, 3.8) is 0 Å². The molecule has 5 heteroatoms. The van der Waals surface area contributed by atoms with Crippen LogP contribution in [0.5, 0.6) is 0 Å². The van der Waals surface area contributed by atoms with Crippen molar-refractivity contribution >= 4 is 11.6 Å². The van der Waals surface area contributed by atoms with Crippen molar-refractivity contribution in [3.05, 3.63) is 42.2 Å². The standard InChI is InChI=1S/C13H17N3O.ClH/c1-14(2)12-6-4-11(5-7-12)13(17)16-9-8-15(3)10-16;/h4-9H,10H2,1-3H3;1H. The van der Waals surface area contributed by atoms with Crippen molar-refractivity contribution in [2.24, 2.45) is 0 Å². The monoisotopic (exact) mass is 267 g/mol. The summed E-state index contributed by atoms with van der Waals surface area (Å²) < 4.78 is 0. The van der Waals surface area contributed by atoms with Crippen molar-refractivity contribution in [3.8, 4) is 0 Å². The highest BCUT2D eigenvalue weighted by atomic mass is 35.5. The second kappa shape index (κ2) is 5.89. The van der Waals surface area contributed by atoms with Crippen LogP contribution in [0.1, 0.15) is 10.4 Å². The van der Waals surface area contributed by atoms with E-state index in [1.165, 1.54) is 0 Å². The third-order valence-corrected chi connectivity index (χ3v) is 2.89. The molecule has 0 spiro atoms. The van der Waals surface area contributed by atoms with Gasteiger partial charge >= 0.3 is 5.91 Å². The third kappa shape index (κ3) is 3.03. The van der Waals surface area contributed by atoms with E-state index in [1.54, 1.807) is 0 Å². The number of quaternary nitrogens is 1. The Morgan fingerprint density at radius 1 is 1.28 bits per heavy atom. The number of carbonyl (C=O) groups is 1. The fourth-order valence-corrected chi connectivity index (χ4v) is 1.84. The van der Waals surface area contributed by atoms with E-state index in [0.29, 0.717) is 6.67 Å². The summed E-state index contributed by atoms with van der Waals surface area (Å²) >= 11 is 0. The van der Waals surface area contributed by atoms with E-state index < -0.39 is 0 Å². The number of rotatable bonds is 2. The van der Waals surface area contributed by atoms with Gasteiger partial charge < -0.3 is 22.2 Å². The number of anilines is 1. The van der Waals surface area contributed by atoms with Gasteiger partial charge in [-0.2, -0.15) is 0 Å². The molecule has 18 heavy (non-hydrogen) atoms. The van der Waals surface area contributed by atoms with Gasteiger partial charge in [0.25, 0.3) is 0 Å². The number of hydrogen-bond donors (Lipinski definition) is 1. The zero-order valence-corrected chi connectivity index (χ0v) is 11.6. The first-order valence-electron chi connectivity index (χ1n) is 5.64. The Labute approximate surface area is 114 Å². The average molecular weight is 268 g/mol. The minimum atomic E-state index is 0. The summed E-state index contributed by atoms with van der Waals surface area (Å²) in [6.45, 7) is 0.703. The van der Waals surface area contributed by atoms with Crippen LogP contribution in [0.25, 0.3) is 0 Å². The van der Waals surface area contributed by atoms with E-state index in [-0.39, 0.29) is 18.3 Å². The van der Waals surface area contributed by atoms with Gasteiger partial charge in [0.1, 0.15) is 6.20 Å². The van der Waals surface area contributed by atoms with Crippen LogP contribution < -0.4 is 22.2 Å². The van der Waals surface area contributed by atoms with Crippen molar-refractivity contribution in [1.82, 2.24) is 4.90 Å². The lowest BCUT2D eigenvalue weighted by Gasteiger charge is -2.13. The summed E-state index contributed by atoms with van der Waals surface area (Å²) in [4.78, 5) is 17.0. The Morgan fingerprint density at radius 3 is 2.33 bits per heavy atom. The van der Waals surface area contributed by atoms with Crippen molar-refractivity contribution < 1.29 is 22.1 Å². The molecule has 0 aromatic heterocycles. The molecule has 0 saturated carbocycles. The first-order valence-corrected chi connectivity index (χ1v) is 5.64. The van der Waals surface area contributed by atoms with E-state index in [1.807, 2.05) is 67.6 Å². The Kier molecular flexibility index (Phi) is 4.76. The Hall–Kier alpha value is -1.52. The number of benzene rings is 1. The van der Waals surface area contributed by atoms with Crippen molar-refractivity contribution in [1.29, 1.82) is 0 Å². The van der Waals surface area contributed by atoms with Crippen LogP contribution >= 0.6 is 0 Å². The molecule has 0 aliphatic carbocycles. The molecule has 0 bridgehead atoms. The SMILES string of the molecule is CN1C=C[NH+](C(=O)c2ccc(N(C)C)cc2)C1.[Cl-]. The average Bonchev–Trinajstić information content (AvgIpc) is 2.75. The molecule has 0 radical (unpaired) electrons. The van der Waals surface area contributed by atoms with Gasteiger partial charge in [0.15, 0.2) is 6.67 Å². The highest BCUT2D eigenvalue weighted by molar-refractivity contribution is 5.88. The van der Waals surface area contributed by atoms with Gasteiger partial charge in [0.2, 0.25) is 0 Å². The van der Waals surface area contributed by atoms with Gasteiger partial charge in [0, 0.05) is 26.8 Å². The third-order valence-electron chi connectivity index (χ3n) is 2.89. The van der Waals surface area contributed by atoms with Gasteiger partial charge in [-0.3, -0.25) is 0 Å². The Morgan fingerprint density at radius 2 is 1.89 bits per heavy atom. The zero-order valence-electron chi connectivity index (χ0n) is 10.9. The molecule has 98 valence electrons. The molecular formula is C13H18ClN3O. The molecule has 1 aliphatic heterocycles. The maximum absolute atomic E-state index is 12.1. The van der Waals surface area contributed by atoms with Crippen LogP contribution in [0.4, 0.5) is 5.69 Å². The van der Waals surface area contributed by atoms with E-state index in [2.05, 4.69) is 0 Å². The van der Waals surface area contributed by atoms with Crippen LogP contribution in [0.15, 0.2) is 36.7 Å². The van der Waals surface area contributed by atoms with Crippen LogP contribution in [0, 0.1) is 0 Å². The van der Waals surface area contributed by atoms with Gasteiger partial charge in [-0.25, -0.2) is 9.69 Å². The molecule has 1 unspecified atom stereocenters. The minimum absolute atomic E-state index is 0. The van der Waals surface area contributed by atoms with Crippen LogP contribution in [0.2, 0.25) is 0 Å². The van der Waals surface area contributed by atoms with Gasteiger partial charge in [0.05, 0.1) is 11.8 Å². The molecular weight excluding hydrogens is 250 g/mol. The summed E-state index contributed by atoms with van der Waals surface area (Å²) in [5.41, 5.74) is 1.86. The summed E-state index contributed by atoms with van der Waals surface area (Å²) in [6.07, 6.45) is 3.82. The van der Waals surface area contributed by atoms with Crippen LogP contribution in [-0.2, 0) is 0 Å². The van der Waals surface area contributed by atoms with Gasteiger partial charge in [-0.05, 0) is 24.3 Å². The largest absolute Gasteiger partial charge is 1.00 e. The van der Waals surface area contributed by atoms with Gasteiger partial charge in [-0.15, -0.1) is 0 Å². The van der Waals surface area contributed by atoms with Gasteiger partial charge in [-0.1, -0.05) is 0 Å². The molecule has 1 aromatic rings. The molecule has 4 nitrogen and oxygen atoms in total. The normalized spacial score (nSPS) is 17.5.